The van der Waals surface area contributed by atoms with Crippen molar-refractivity contribution in [1.29, 1.82) is 0 Å². The van der Waals surface area contributed by atoms with Crippen LogP contribution in [0.25, 0.3) is 22.0 Å². The van der Waals surface area contributed by atoms with Crippen LogP contribution in [0.3, 0.4) is 0 Å². The predicted octanol–water partition coefficient (Wildman–Crippen LogP) is 4.97. The molecule has 0 fully saturated rings. The molecule has 0 spiro atoms. The first-order valence-electron chi connectivity index (χ1n) is 6.36. The third-order valence-corrected chi connectivity index (χ3v) is 3.93. The zero-order valence-electron chi connectivity index (χ0n) is 11.1. The van der Waals surface area contributed by atoms with Crippen molar-refractivity contribution in [2.24, 2.45) is 0 Å². The molecule has 0 aliphatic carbocycles. The third-order valence-electron chi connectivity index (χ3n) is 3.08. The second kappa shape index (κ2) is 6.13. The van der Waals surface area contributed by atoms with Gasteiger partial charge in [-0.05, 0) is 35.9 Å². The molecule has 0 radical (unpaired) electrons. The van der Waals surface area contributed by atoms with Gasteiger partial charge in [0.05, 0.1) is 15.9 Å². The Balaban J connectivity index is 2.10. The molecule has 0 aliphatic heterocycles. The van der Waals surface area contributed by atoms with Crippen molar-refractivity contribution < 1.29 is 0 Å². The maximum Gasteiger partial charge on any atom is 0.259 e. The first kappa shape index (κ1) is 15.1. The van der Waals surface area contributed by atoms with Crippen LogP contribution < -0.4 is 5.56 Å². The van der Waals surface area contributed by atoms with E-state index in [9.17, 15) is 4.79 Å². The summed E-state index contributed by atoms with van der Waals surface area (Å²) in [4.78, 5) is 19.1. The highest BCUT2D eigenvalue weighted by molar-refractivity contribution is 6.51. The van der Waals surface area contributed by atoms with E-state index in [0.29, 0.717) is 26.5 Å². The van der Waals surface area contributed by atoms with Crippen molar-refractivity contribution in [3.8, 4) is 0 Å². The van der Waals surface area contributed by atoms with E-state index in [4.69, 9.17) is 34.8 Å². The molecule has 0 aliphatic rings. The molecule has 3 nitrogen and oxygen atoms in total. The largest absolute Gasteiger partial charge is 0.305 e. The molecule has 110 valence electrons. The third kappa shape index (κ3) is 3.02. The van der Waals surface area contributed by atoms with Crippen molar-refractivity contribution >= 4 is 56.8 Å². The quantitative estimate of drug-likeness (QED) is 0.708. The predicted molar refractivity (Wildman–Crippen MR) is 92.5 cm³/mol. The summed E-state index contributed by atoms with van der Waals surface area (Å²) in [6.07, 6.45) is 1.63. The molecular formula is C16H9Cl3N2O. The highest BCUT2D eigenvalue weighted by atomic mass is 35.5. The molecule has 6 heteroatoms. The minimum absolute atomic E-state index is 0.241. The number of rotatable bonds is 2. The molecule has 1 heterocycles. The molecule has 1 aromatic heterocycles. The molecule has 0 bridgehead atoms. The Labute approximate surface area is 141 Å². The normalized spacial score (nSPS) is 11.9. The second-order valence-corrected chi connectivity index (χ2v) is 5.84. The fourth-order valence-corrected chi connectivity index (χ4v) is 2.69. The van der Waals surface area contributed by atoms with Gasteiger partial charge in [0.25, 0.3) is 5.56 Å². The summed E-state index contributed by atoms with van der Waals surface area (Å²) in [6.45, 7) is 0. The van der Waals surface area contributed by atoms with Crippen LogP contribution in [0.1, 0.15) is 11.4 Å². The van der Waals surface area contributed by atoms with Gasteiger partial charge >= 0.3 is 0 Å². The Bertz CT molecular complexity index is 948. The van der Waals surface area contributed by atoms with Crippen LogP contribution in [0.2, 0.25) is 10.0 Å². The minimum atomic E-state index is -0.241. The summed E-state index contributed by atoms with van der Waals surface area (Å²) >= 11 is 18.2. The molecule has 0 unspecified atom stereocenters. The summed E-state index contributed by atoms with van der Waals surface area (Å²) in [5.74, 6) is 0.288. The van der Waals surface area contributed by atoms with Crippen LogP contribution >= 0.6 is 34.8 Å². The van der Waals surface area contributed by atoms with Gasteiger partial charge in [-0.3, -0.25) is 4.79 Å². The zero-order chi connectivity index (χ0) is 15.7. The first-order valence-corrected chi connectivity index (χ1v) is 7.49. The fraction of sp³-hybridized carbons (Fsp3) is 0. The average molecular weight is 352 g/mol. The van der Waals surface area contributed by atoms with Crippen molar-refractivity contribution in [3.63, 3.8) is 0 Å². The zero-order valence-corrected chi connectivity index (χ0v) is 13.4. The maximum atomic E-state index is 12.0. The van der Waals surface area contributed by atoms with E-state index in [1.807, 2.05) is 6.07 Å². The van der Waals surface area contributed by atoms with E-state index < -0.39 is 0 Å². The Morgan fingerprint density at radius 1 is 1.14 bits per heavy atom. The van der Waals surface area contributed by atoms with Crippen molar-refractivity contribution in [3.05, 3.63) is 74.3 Å². The topological polar surface area (TPSA) is 45.8 Å². The lowest BCUT2D eigenvalue weighted by Gasteiger charge is -2.03. The van der Waals surface area contributed by atoms with Crippen LogP contribution in [-0.4, -0.2) is 9.97 Å². The molecule has 3 aromatic rings. The number of halogens is 3. The summed E-state index contributed by atoms with van der Waals surface area (Å²) in [7, 11) is 0. The van der Waals surface area contributed by atoms with Crippen molar-refractivity contribution in [2.75, 3.05) is 0 Å². The van der Waals surface area contributed by atoms with E-state index in [1.165, 1.54) is 0 Å². The molecule has 22 heavy (non-hydrogen) atoms. The number of hydrogen-bond acceptors (Lipinski definition) is 2. The molecule has 0 atom stereocenters. The van der Waals surface area contributed by atoms with Gasteiger partial charge in [0.2, 0.25) is 0 Å². The van der Waals surface area contributed by atoms with Crippen molar-refractivity contribution in [1.82, 2.24) is 9.97 Å². The SMILES string of the molecule is O=c1[nH]c(/C(Cl)=C/c2ccc(Cl)cc2Cl)nc2ccccc12. The lowest BCUT2D eigenvalue weighted by molar-refractivity contribution is 1.14. The number of hydrogen-bond donors (Lipinski definition) is 1. The number of fused-ring (bicyclic) bond motifs is 1. The Morgan fingerprint density at radius 3 is 2.68 bits per heavy atom. The highest BCUT2D eigenvalue weighted by Gasteiger charge is 2.07. The summed E-state index contributed by atoms with van der Waals surface area (Å²) in [5.41, 5.74) is 1.02. The van der Waals surface area contributed by atoms with Gasteiger partial charge < -0.3 is 4.98 Å². The maximum absolute atomic E-state index is 12.0. The van der Waals surface area contributed by atoms with Crippen LogP contribution in [-0.2, 0) is 0 Å². The lowest BCUT2D eigenvalue weighted by atomic mass is 10.2. The van der Waals surface area contributed by atoms with Gasteiger partial charge in [-0.25, -0.2) is 4.98 Å². The van der Waals surface area contributed by atoms with E-state index >= 15 is 0 Å². The smallest absolute Gasteiger partial charge is 0.259 e. The van der Waals surface area contributed by atoms with Gasteiger partial charge in [0, 0.05) is 10.0 Å². The van der Waals surface area contributed by atoms with Crippen molar-refractivity contribution in [2.45, 2.75) is 0 Å². The Morgan fingerprint density at radius 2 is 1.91 bits per heavy atom. The molecule has 2 aromatic carbocycles. The minimum Gasteiger partial charge on any atom is -0.305 e. The van der Waals surface area contributed by atoms with Gasteiger partial charge in [-0.15, -0.1) is 0 Å². The first-order chi connectivity index (χ1) is 10.5. The molecule has 0 saturated carbocycles. The molecule has 0 saturated heterocycles. The molecule has 0 amide bonds. The molecular weight excluding hydrogens is 343 g/mol. The van der Waals surface area contributed by atoms with Crippen LogP contribution in [0.15, 0.2) is 47.3 Å². The standard InChI is InChI=1S/C16H9Cl3N2O/c17-10-6-5-9(12(18)8-10)7-13(19)15-20-14-4-2-1-3-11(14)16(22)21-15/h1-8H,(H,20,21,22)/b13-7-. The lowest BCUT2D eigenvalue weighted by Crippen LogP contribution is -2.10. The monoisotopic (exact) mass is 350 g/mol. The summed E-state index contributed by atoms with van der Waals surface area (Å²) in [5, 5.41) is 1.80. The van der Waals surface area contributed by atoms with Crippen LogP contribution in [0.5, 0.6) is 0 Å². The second-order valence-electron chi connectivity index (χ2n) is 4.59. The number of nitrogens with one attached hydrogen (secondary N) is 1. The number of para-hydroxylation sites is 1. The molecule has 3 rings (SSSR count). The highest BCUT2D eigenvalue weighted by Crippen LogP contribution is 2.26. The summed E-state index contributed by atoms with van der Waals surface area (Å²) in [6, 6.07) is 12.1. The number of nitrogens with zero attached hydrogens (tertiary/aromatic N) is 1. The van der Waals surface area contributed by atoms with Gasteiger partial charge in [0.1, 0.15) is 0 Å². The van der Waals surface area contributed by atoms with Gasteiger partial charge in [-0.2, -0.15) is 0 Å². The number of aromatic nitrogens is 2. The van der Waals surface area contributed by atoms with Crippen LogP contribution in [0, 0.1) is 0 Å². The van der Waals surface area contributed by atoms with Gasteiger partial charge in [-0.1, -0.05) is 53.0 Å². The van der Waals surface area contributed by atoms with E-state index in [2.05, 4.69) is 9.97 Å². The fourth-order valence-electron chi connectivity index (χ4n) is 2.02. The number of benzene rings is 2. The number of H-pyrrole nitrogens is 1. The Kier molecular flexibility index (Phi) is 4.21. The summed E-state index contributed by atoms with van der Waals surface area (Å²) < 4.78 is 0. The molecule has 1 N–H and O–H groups in total. The number of aromatic amines is 1. The van der Waals surface area contributed by atoms with E-state index in [0.717, 1.165) is 0 Å². The van der Waals surface area contributed by atoms with Gasteiger partial charge in [0.15, 0.2) is 5.82 Å². The van der Waals surface area contributed by atoms with Crippen LogP contribution in [0.4, 0.5) is 0 Å². The van der Waals surface area contributed by atoms with E-state index in [1.54, 1.807) is 42.5 Å². The average Bonchev–Trinajstić information content (AvgIpc) is 2.50. The Hall–Kier alpha value is -1.81. The van der Waals surface area contributed by atoms with E-state index in [-0.39, 0.29) is 16.4 Å².